The number of fused-ring (bicyclic) bond motifs is 2. The number of hydrazine groups is 1. The van der Waals surface area contributed by atoms with Gasteiger partial charge < -0.3 is 83.7 Å². The number of phenolic OH excluding ortho intramolecular Hbond substituents is 1. The number of aromatic carboxylic acids is 1. The first kappa shape index (κ1) is 82.6. The molecule has 5 aliphatic heterocycles. The monoisotopic (exact) mass is 1630 g/mol. The Bertz CT molecular complexity index is 4700. The second-order valence-electron chi connectivity index (χ2n) is 21.7. The summed E-state index contributed by atoms with van der Waals surface area (Å²) >= 11 is 0.545. The molecule has 1 unspecified atom stereocenters. The molecule has 0 saturated carbocycles. The molecule has 2 aromatic rings. The van der Waals surface area contributed by atoms with E-state index >= 15 is 0 Å². The van der Waals surface area contributed by atoms with Crippen molar-refractivity contribution in [2.45, 2.75) is 110 Å². The first-order valence-corrected chi connectivity index (χ1v) is 37.6. The number of ether oxygens (including phenoxy) is 7. The number of nitrogens with one attached hydrogen (secondary N) is 5. The van der Waals surface area contributed by atoms with Gasteiger partial charge in [-0.2, -0.15) is 60.0 Å². The second kappa shape index (κ2) is 32.6. The molecule has 104 heavy (non-hydrogen) atoms. The summed E-state index contributed by atoms with van der Waals surface area (Å²) < 4.78 is 267. The fourth-order valence-corrected chi connectivity index (χ4v) is 13.9. The van der Waals surface area contributed by atoms with Gasteiger partial charge >= 0.3 is 80.1 Å². The molecule has 1 aliphatic carbocycles. The Balaban J connectivity index is 1.01. The average Bonchev–Trinajstić information content (AvgIpc) is 0.754. The van der Waals surface area contributed by atoms with Crippen LogP contribution in [0.4, 0.5) is 5.69 Å². The van der Waals surface area contributed by atoms with Crippen LogP contribution in [0, 0.1) is 0 Å². The summed E-state index contributed by atoms with van der Waals surface area (Å²) in [5.41, 5.74) is 3.75. The number of carbonyl (C=O) groups is 5. The molecule has 5 heterocycles. The largest absolute Gasteiger partial charge is 0.508 e. The van der Waals surface area contributed by atoms with E-state index in [0.29, 0.717) is 22.7 Å². The van der Waals surface area contributed by atoms with Gasteiger partial charge in [0.15, 0.2) is 36.3 Å². The van der Waals surface area contributed by atoms with E-state index in [1.165, 1.54) is 51.9 Å². The number of aliphatic carboxylic acids is 2. The zero-order valence-electron chi connectivity index (χ0n) is 50.9. The van der Waals surface area contributed by atoms with E-state index in [1.54, 1.807) is 0 Å². The highest BCUT2D eigenvalue weighted by atomic mass is 32.3. The zero-order valence-corrected chi connectivity index (χ0v) is 56.6. The molecule has 0 radical (unpaired) electrons. The molecule has 3 saturated heterocycles. The highest BCUT2D eigenvalue weighted by molar-refractivity contribution is 8.00. The van der Waals surface area contributed by atoms with Crippen molar-refractivity contribution < 1.29 is 197 Å². The summed E-state index contributed by atoms with van der Waals surface area (Å²) in [5, 5.41) is 89.2. The van der Waals surface area contributed by atoms with Crippen molar-refractivity contribution in [1.29, 1.82) is 0 Å². The summed E-state index contributed by atoms with van der Waals surface area (Å²) in [6.45, 7) is -3.44. The van der Waals surface area contributed by atoms with Gasteiger partial charge in [0.05, 0.1) is 36.3 Å². The topological polar surface area (TPSA) is 765 Å². The molecule has 578 valence electrons. The third-order valence-corrected chi connectivity index (χ3v) is 18.4. The zero-order chi connectivity index (χ0) is 77.3. The van der Waals surface area contributed by atoms with Crippen LogP contribution in [0.5, 0.6) is 5.75 Å². The molecule has 0 aromatic heterocycles. The number of carboxylic acids is 3. The number of aromatic hydroxyl groups is 1. The van der Waals surface area contributed by atoms with Crippen LogP contribution in [0.3, 0.4) is 0 Å². The van der Waals surface area contributed by atoms with E-state index in [9.17, 15) is 147 Å². The quantitative estimate of drug-likeness (QED) is 0.0126. The number of amides is 2. The molecular weight excluding hydrogens is 1570 g/mol. The number of hydrogen-bond acceptors (Lipinski definition) is 37. The first-order valence-electron chi connectivity index (χ1n) is 28.1. The molecule has 18 atom stereocenters. The molecular formula is C48H55N5O44S7. The van der Waals surface area contributed by atoms with Gasteiger partial charge in [0.1, 0.15) is 84.3 Å². The number of aliphatic hydroxyl groups excluding tert-OH is 4. The van der Waals surface area contributed by atoms with Crippen LogP contribution in [0.15, 0.2) is 75.6 Å². The highest BCUT2D eigenvalue weighted by Gasteiger charge is 2.59. The normalized spacial score (nSPS) is 28.8. The van der Waals surface area contributed by atoms with Crippen LogP contribution < -0.4 is 31.0 Å². The number of rotatable bonds is 31. The maximum atomic E-state index is 13.2. The minimum absolute atomic E-state index is 0.0332. The van der Waals surface area contributed by atoms with E-state index < -0.39 is 238 Å². The predicted molar refractivity (Wildman–Crippen MR) is 328 cm³/mol. The summed E-state index contributed by atoms with van der Waals surface area (Å²) in [5.74, 6) is -10.9. The van der Waals surface area contributed by atoms with Crippen LogP contribution in [-0.2, 0) is 131 Å². The number of carbonyl (C=O) groups excluding carboxylic acids is 2. The minimum atomic E-state index is -6.15. The van der Waals surface area contributed by atoms with Crippen molar-refractivity contribution >= 4 is 120 Å². The highest BCUT2D eigenvalue weighted by Crippen LogP contribution is 2.43. The lowest BCUT2D eigenvalue weighted by Gasteiger charge is -2.49. The summed E-state index contributed by atoms with van der Waals surface area (Å²) in [7, 11) is -34.8. The third-order valence-electron chi connectivity index (χ3n) is 14.5. The second-order valence-corrected chi connectivity index (χ2v) is 29.4. The Labute approximate surface area is 585 Å². The molecule has 2 aromatic carbocycles. The van der Waals surface area contributed by atoms with Crippen molar-refractivity contribution in [3.8, 4) is 28.2 Å². The van der Waals surface area contributed by atoms with Gasteiger partial charge in [0.2, 0.25) is 23.9 Å². The fraction of sp³-hybridized carbons (Fsp3) is 0.458. The number of thioether (sulfide) groups is 1. The molecule has 6 aliphatic rings. The third kappa shape index (κ3) is 22.1. The van der Waals surface area contributed by atoms with Crippen LogP contribution in [-0.4, -0.2) is 284 Å². The van der Waals surface area contributed by atoms with Crippen molar-refractivity contribution in [3.05, 3.63) is 82.2 Å². The summed E-state index contributed by atoms with van der Waals surface area (Å²) in [6.07, 6.45) is -45.1. The number of anilines is 1. The Hall–Kier alpha value is -7.05. The number of benzene rings is 3. The molecule has 56 heteroatoms. The standard InChI is InChI=1S/C48H55N5O44S7/c54-16-2-5-19-23(8-16)88-24-9-17(55)3-6-20(24)30(19)18-4-1-15(7-21(18)43(62)63)49-28(57)13-98-14-29(58)50-51-42-31(52-99(68,69)70)33(59)37(26(89-42)11-86-101(74,75)76)93-48-40(97-104(83,84)85)35(61)39(41(95-48)45(66)67)94-46-32(53-100(71,72)73)34(60)38(27(91-46)12-87-102(77,78)79)92-47-36(96-103(80,81)82)22(56)10-25(90-47)44(64)65/h1-10,22,26-27,31-42,46-48,51-54,56,59-61H,11-14H2,(H,49,57)(H,50,58)(H,62,63)(H,64,65)(H,66,67)(H,68,69,70)(H,71,72,73)(H,74,75,76)(H,77,78,79)(H,80,81,82)(H,83,84,85)/t22-,26+,27+,31+,32+,33+,34+,35-,36+,37+,38+,39-,40+,41+,42?,46+,47-,48+/m0/s1. The Morgan fingerprint density at radius 2 is 1.12 bits per heavy atom. The van der Waals surface area contributed by atoms with Crippen molar-refractivity contribution in [3.63, 3.8) is 0 Å². The lowest BCUT2D eigenvalue weighted by Crippen LogP contribution is -2.72. The number of aliphatic hydroxyl groups is 4. The Morgan fingerprint density at radius 3 is 1.69 bits per heavy atom. The molecule has 3 fully saturated rings. The summed E-state index contributed by atoms with van der Waals surface area (Å²) in [4.78, 5) is 76.3. The van der Waals surface area contributed by atoms with Gasteiger partial charge in [-0.1, -0.05) is 6.07 Å². The predicted octanol–water partition coefficient (Wildman–Crippen LogP) is -7.02. The van der Waals surface area contributed by atoms with Gasteiger partial charge in [-0.25, -0.2) is 36.5 Å². The maximum Gasteiger partial charge on any atom is 0.397 e. The smallest absolute Gasteiger partial charge is 0.397 e. The first-order chi connectivity index (χ1) is 48.0. The molecule has 8 rings (SSSR count). The maximum absolute atomic E-state index is 13.2. The lowest BCUT2D eigenvalue weighted by atomic mass is 9.90. The fourth-order valence-electron chi connectivity index (χ4n) is 10.5. The molecule has 19 N–H and O–H groups in total. The average molecular weight is 1630 g/mol. The Morgan fingerprint density at radius 1 is 0.558 bits per heavy atom. The van der Waals surface area contributed by atoms with Gasteiger partial charge in [-0.05, 0) is 48.0 Å². The van der Waals surface area contributed by atoms with Gasteiger partial charge in [0.25, 0.3) is 0 Å². The van der Waals surface area contributed by atoms with E-state index in [4.69, 9.17) is 37.6 Å². The Kier molecular flexibility index (Phi) is 25.9. The van der Waals surface area contributed by atoms with E-state index in [1.807, 2.05) is 10.9 Å². The van der Waals surface area contributed by atoms with Crippen molar-refractivity contribution in [1.82, 2.24) is 20.3 Å². The van der Waals surface area contributed by atoms with Crippen molar-refractivity contribution in [2.75, 3.05) is 30.0 Å². The van der Waals surface area contributed by atoms with Crippen LogP contribution in [0.25, 0.3) is 33.4 Å². The molecule has 0 bridgehead atoms. The SMILES string of the molecule is O=C(CSCC(=O)Nc1ccc(-c2c3ccc(=O)cc-3oc3cc(O)ccc23)c(C(=O)O)c1)NNC1O[C@H](COS(=O)(=O)O)[C@@H](O[C@@H]2O[C@@H](C(=O)O)[C@@H](O[C@H]3O[C@H](COS(=O)(=O)O)[C@@H](O[C@@H]4OC(C(=O)O)=C[C@H](O)[C@H]4OS(=O)(=O)O)[C@H](O)[C@H]3NS(=O)(=O)O)[C@H](O)[C@H]2OS(=O)(=O)O)[C@H](O)[C@H]1NS(=O)(=O)O. The summed E-state index contributed by atoms with van der Waals surface area (Å²) in [6, 6.07) is 5.97. The minimum Gasteiger partial charge on any atom is -0.508 e. The van der Waals surface area contributed by atoms with Crippen LogP contribution in [0.1, 0.15) is 10.4 Å². The molecule has 2 amide bonds. The van der Waals surface area contributed by atoms with Crippen LogP contribution >= 0.6 is 11.8 Å². The number of phenols is 1. The van der Waals surface area contributed by atoms with Gasteiger partial charge in [-0.3, -0.25) is 47.1 Å². The van der Waals surface area contributed by atoms with Crippen molar-refractivity contribution in [2.24, 2.45) is 0 Å². The van der Waals surface area contributed by atoms with E-state index in [-0.39, 0.29) is 45.5 Å². The van der Waals surface area contributed by atoms with E-state index in [2.05, 4.69) is 22.0 Å². The number of carboxylic acid groups (broad SMARTS) is 3. The lowest BCUT2D eigenvalue weighted by molar-refractivity contribution is -0.359. The van der Waals surface area contributed by atoms with Gasteiger partial charge in [0, 0.05) is 34.3 Å². The van der Waals surface area contributed by atoms with Crippen LogP contribution in [0.2, 0.25) is 0 Å². The van der Waals surface area contributed by atoms with Gasteiger partial charge in [-0.15, -0.1) is 11.8 Å². The molecule has 0 spiro atoms. The van der Waals surface area contributed by atoms with E-state index in [0.717, 1.165) is 12.1 Å². The molecule has 49 nitrogen and oxygen atoms in total. The number of hydrogen-bond donors (Lipinski definition) is 19.